The molecule has 3 heteroatoms. The first-order chi connectivity index (χ1) is 6.99. The smallest absolute Gasteiger partial charge is 0.0723 e. The van der Waals surface area contributed by atoms with Gasteiger partial charge < -0.3 is 15.4 Å². The van der Waals surface area contributed by atoms with Gasteiger partial charge in [0, 0.05) is 11.6 Å². The Bertz CT molecular complexity index is 216. The SMILES string of the molecule is CC(C)(C)N[C@@H]1COC2(CCNCC2)C1. The molecule has 2 fully saturated rings. The molecule has 3 nitrogen and oxygen atoms in total. The molecule has 2 aliphatic rings. The van der Waals surface area contributed by atoms with E-state index >= 15 is 0 Å². The van der Waals surface area contributed by atoms with Crippen molar-refractivity contribution in [2.45, 2.75) is 57.2 Å². The highest BCUT2D eigenvalue weighted by molar-refractivity contribution is 4.96. The number of piperidine rings is 1. The van der Waals surface area contributed by atoms with Crippen LogP contribution in [0.4, 0.5) is 0 Å². The number of hydrogen-bond donors (Lipinski definition) is 2. The molecule has 2 saturated heterocycles. The van der Waals surface area contributed by atoms with E-state index in [2.05, 4.69) is 31.4 Å². The zero-order chi connectivity index (χ0) is 10.9. The lowest BCUT2D eigenvalue weighted by atomic mass is 9.88. The molecular weight excluding hydrogens is 188 g/mol. The van der Waals surface area contributed by atoms with Gasteiger partial charge in [-0.05, 0) is 53.1 Å². The molecular formula is C12H24N2O. The maximum absolute atomic E-state index is 6.04. The Hall–Kier alpha value is -0.120. The van der Waals surface area contributed by atoms with Crippen molar-refractivity contribution in [1.29, 1.82) is 0 Å². The summed E-state index contributed by atoms with van der Waals surface area (Å²) in [6, 6.07) is 0.545. The zero-order valence-corrected chi connectivity index (χ0v) is 10.2. The van der Waals surface area contributed by atoms with Crippen molar-refractivity contribution in [3.05, 3.63) is 0 Å². The minimum atomic E-state index is 0.189. The second-order valence-corrected chi connectivity index (χ2v) is 6.04. The number of hydrogen-bond acceptors (Lipinski definition) is 3. The van der Waals surface area contributed by atoms with Crippen LogP contribution >= 0.6 is 0 Å². The van der Waals surface area contributed by atoms with Crippen LogP contribution in [0.15, 0.2) is 0 Å². The molecule has 15 heavy (non-hydrogen) atoms. The van der Waals surface area contributed by atoms with Gasteiger partial charge in [0.15, 0.2) is 0 Å². The number of ether oxygens (including phenoxy) is 1. The predicted octanol–water partition coefficient (Wildman–Crippen LogP) is 1.29. The average Bonchev–Trinajstić information content (AvgIpc) is 2.47. The van der Waals surface area contributed by atoms with E-state index < -0.39 is 0 Å². The molecule has 0 bridgehead atoms. The van der Waals surface area contributed by atoms with Crippen molar-refractivity contribution in [3.8, 4) is 0 Å². The molecule has 88 valence electrons. The van der Waals surface area contributed by atoms with Gasteiger partial charge >= 0.3 is 0 Å². The van der Waals surface area contributed by atoms with Gasteiger partial charge in [-0.2, -0.15) is 0 Å². The van der Waals surface area contributed by atoms with Crippen molar-refractivity contribution >= 4 is 0 Å². The van der Waals surface area contributed by atoms with Crippen molar-refractivity contribution in [1.82, 2.24) is 10.6 Å². The summed E-state index contributed by atoms with van der Waals surface area (Å²) in [6.45, 7) is 9.78. The van der Waals surface area contributed by atoms with Crippen molar-refractivity contribution in [2.24, 2.45) is 0 Å². The molecule has 0 aromatic rings. The highest BCUT2D eigenvalue weighted by atomic mass is 16.5. The van der Waals surface area contributed by atoms with Crippen LogP contribution in [-0.4, -0.2) is 36.9 Å². The van der Waals surface area contributed by atoms with Crippen molar-refractivity contribution in [3.63, 3.8) is 0 Å². The summed E-state index contributed by atoms with van der Waals surface area (Å²) in [5.74, 6) is 0. The molecule has 0 unspecified atom stereocenters. The van der Waals surface area contributed by atoms with Gasteiger partial charge in [-0.1, -0.05) is 0 Å². The van der Waals surface area contributed by atoms with E-state index in [0.717, 1.165) is 19.7 Å². The van der Waals surface area contributed by atoms with E-state index in [1.165, 1.54) is 19.3 Å². The van der Waals surface area contributed by atoms with Crippen LogP contribution in [0, 0.1) is 0 Å². The van der Waals surface area contributed by atoms with E-state index in [0.29, 0.717) is 6.04 Å². The van der Waals surface area contributed by atoms with Crippen LogP contribution in [-0.2, 0) is 4.74 Å². The second-order valence-electron chi connectivity index (χ2n) is 6.04. The Kier molecular flexibility index (Phi) is 3.06. The zero-order valence-electron chi connectivity index (χ0n) is 10.2. The maximum Gasteiger partial charge on any atom is 0.0723 e. The van der Waals surface area contributed by atoms with Gasteiger partial charge in [-0.3, -0.25) is 0 Å². The van der Waals surface area contributed by atoms with E-state index in [9.17, 15) is 0 Å². The Balaban J connectivity index is 1.88. The van der Waals surface area contributed by atoms with E-state index in [1.807, 2.05) is 0 Å². The minimum Gasteiger partial charge on any atom is -0.373 e. The van der Waals surface area contributed by atoms with Gasteiger partial charge in [0.25, 0.3) is 0 Å². The fourth-order valence-electron chi connectivity index (χ4n) is 2.78. The number of rotatable bonds is 1. The predicted molar refractivity (Wildman–Crippen MR) is 62.1 cm³/mol. The lowest BCUT2D eigenvalue weighted by molar-refractivity contribution is -0.0195. The van der Waals surface area contributed by atoms with Crippen LogP contribution in [0.25, 0.3) is 0 Å². The second kappa shape index (κ2) is 4.04. The Labute approximate surface area is 93.0 Å². The first-order valence-electron chi connectivity index (χ1n) is 6.12. The number of nitrogens with one attached hydrogen (secondary N) is 2. The molecule has 1 atom stereocenters. The summed E-state index contributed by atoms with van der Waals surface area (Å²) in [7, 11) is 0. The molecule has 0 aromatic heterocycles. The van der Waals surface area contributed by atoms with Crippen molar-refractivity contribution < 1.29 is 4.74 Å². The fraction of sp³-hybridized carbons (Fsp3) is 1.00. The summed E-state index contributed by atoms with van der Waals surface area (Å²) < 4.78 is 6.04. The molecule has 2 heterocycles. The third-order valence-corrected chi connectivity index (χ3v) is 3.36. The fourth-order valence-corrected chi connectivity index (χ4v) is 2.78. The summed E-state index contributed by atoms with van der Waals surface area (Å²) in [5.41, 5.74) is 0.390. The molecule has 0 aromatic carbocycles. The lowest BCUT2D eigenvalue weighted by Gasteiger charge is -2.33. The van der Waals surface area contributed by atoms with Crippen molar-refractivity contribution in [2.75, 3.05) is 19.7 Å². The van der Waals surface area contributed by atoms with E-state index in [-0.39, 0.29) is 11.1 Å². The molecule has 1 spiro atoms. The largest absolute Gasteiger partial charge is 0.373 e. The molecule has 0 amide bonds. The van der Waals surface area contributed by atoms with Crippen LogP contribution in [0.2, 0.25) is 0 Å². The van der Waals surface area contributed by atoms with E-state index in [4.69, 9.17) is 4.74 Å². The molecule has 2 aliphatic heterocycles. The van der Waals surface area contributed by atoms with Gasteiger partial charge in [0.1, 0.15) is 0 Å². The van der Waals surface area contributed by atoms with Crippen LogP contribution < -0.4 is 10.6 Å². The third-order valence-electron chi connectivity index (χ3n) is 3.36. The summed E-state index contributed by atoms with van der Waals surface area (Å²) in [4.78, 5) is 0. The van der Waals surface area contributed by atoms with Gasteiger partial charge in [0.05, 0.1) is 12.2 Å². The first-order valence-corrected chi connectivity index (χ1v) is 6.12. The van der Waals surface area contributed by atoms with Crippen LogP contribution in [0.5, 0.6) is 0 Å². The topological polar surface area (TPSA) is 33.3 Å². The third kappa shape index (κ3) is 2.92. The minimum absolute atomic E-state index is 0.189. The standard InChI is InChI=1S/C12H24N2O/c1-11(2,3)14-10-8-12(15-9-10)4-6-13-7-5-12/h10,13-14H,4-9H2,1-3H3/t10-/m0/s1. The normalized spacial score (nSPS) is 31.0. The molecule has 0 radical (unpaired) electrons. The summed E-state index contributed by atoms with van der Waals surface area (Å²) in [6.07, 6.45) is 3.54. The highest BCUT2D eigenvalue weighted by Crippen LogP contribution is 2.34. The first kappa shape index (κ1) is 11.4. The molecule has 2 rings (SSSR count). The average molecular weight is 212 g/mol. The maximum atomic E-state index is 6.04. The Morgan fingerprint density at radius 2 is 1.93 bits per heavy atom. The van der Waals surface area contributed by atoms with Crippen LogP contribution in [0.1, 0.15) is 40.0 Å². The molecule has 2 N–H and O–H groups in total. The quantitative estimate of drug-likeness (QED) is 0.687. The van der Waals surface area contributed by atoms with E-state index in [1.54, 1.807) is 0 Å². The summed E-state index contributed by atoms with van der Waals surface area (Å²) >= 11 is 0. The monoisotopic (exact) mass is 212 g/mol. The lowest BCUT2D eigenvalue weighted by Crippen LogP contribution is -2.46. The Morgan fingerprint density at radius 3 is 2.53 bits per heavy atom. The van der Waals surface area contributed by atoms with Gasteiger partial charge in [-0.15, -0.1) is 0 Å². The summed E-state index contributed by atoms with van der Waals surface area (Å²) in [5, 5.41) is 7.04. The molecule has 0 saturated carbocycles. The Morgan fingerprint density at radius 1 is 1.27 bits per heavy atom. The highest BCUT2D eigenvalue weighted by Gasteiger charge is 2.41. The molecule has 0 aliphatic carbocycles. The van der Waals surface area contributed by atoms with Gasteiger partial charge in [0.2, 0.25) is 0 Å². The van der Waals surface area contributed by atoms with Gasteiger partial charge in [-0.25, -0.2) is 0 Å². The van der Waals surface area contributed by atoms with Crippen LogP contribution in [0.3, 0.4) is 0 Å².